The molecule has 0 saturated carbocycles. The Labute approximate surface area is 124 Å². The highest BCUT2D eigenvalue weighted by Gasteiger charge is 2.09. The van der Waals surface area contributed by atoms with Crippen LogP contribution in [0.5, 0.6) is 0 Å². The van der Waals surface area contributed by atoms with Crippen LogP contribution in [-0.4, -0.2) is 21.1 Å². The average molecular weight is 296 g/mol. The van der Waals surface area contributed by atoms with Crippen LogP contribution < -0.4 is 16.4 Å². The minimum absolute atomic E-state index is 0.0693. The van der Waals surface area contributed by atoms with Crippen molar-refractivity contribution in [2.75, 3.05) is 0 Å². The second-order valence-corrected chi connectivity index (χ2v) is 4.70. The van der Waals surface area contributed by atoms with Crippen molar-refractivity contribution < 1.29 is 4.79 Å². The van der Waals surface area contributed by atoms with Crippen molar-refractivity contribution in [2.45, 2.75) is 6.54 Å². The van der Waals surface area contributed by atoms with E-state index in [-0.39, 0.29) is 23.4 Å². The number of carbonyl (C=O) groups is 1. The highest BCUT2D eigenvalue weighted by molar-refractivity contribution is 5.92. The first kappa shape index (κ1) is 13.7. The molecule has 3 N–H and O–H groups in total. The molecule has 0 aliphatic heterocycles. The number of nitrogens with one attached hydrogen (secondary N) is 3. The summed E-state index contributed by atoms with van der Waals surface area (Å²) in [4.78, 5) is 37.5. The summed E-state index contributed by atoms with van der Waals surface area (Å²) in [5.74, 6) is -0.469. The van der Waals surface area contributed by atoms with Gasteiger partial charge in [-0.15, -0.1) is 0 Å². The van der Waals surface area contributed by atoms with Crippen molar-refractivity contribution in [3.8, 4) is 0 Å². The van der Waals surface area contributed by atoms with Crippen molar-refractivity contribution in [2.24, 2.45) is 0 Å². The number of fused-ring (bicyclic) bond motifs is 1. The molecule has 0 unspecified atom stereocenters. The lowest BCUT2D eigenvalue weighted by atomic mass is 10.1. The summed E-state index contributed by atoms with van der Waals surface area (Å²) in [5, 5.41) is 9.29. The number of H-pyrrole nitrogens is 2. The maximum absolute atomic E-state index is 12.0. The van der Waals surface area contributed by atoms with E-state index in [0.29, 0.717) is 5.56 Å². The fourth-order valence-electron chi connectivity index (χ4n) is 2.06. The second kappa shape index (κ2) is 5.65. The van der Waals surface area contributed by atoms with Gasteiger partial charge in [-0.2, -0.15) is 5.10 Å². The van der Waals surface area contributed by atoms with Gasteiger partial charge in [0.1, 0.15) is 5.69 Å². The van der Waals surface area contributed by atoms with Crippen molar-refractivity contribution >= 4 is 16.8 Å². The monoisotopic (exact) mass is 296 g/mol. The predicted molar refractivity (Wildman–Crippen MR) is 80.6 cm³/mol. The van der Waals surface area contributed by atoms with Crippen LogP contribution >= 0.6 is 0 Å². The predicted octanol–water partition coefficient (Wildman–Crippen LogP) is 0.541. The summed E-state index contributed by atoms with van der Waals surface area (Å²) in [6.45, 7) is 0.0693. The van der Waals surface area contributed by atoms with Gasteiger partial charge in [-0.05, 0) is 23.6 Å². The van der Waals surface area contributed by atoms with Gasteiger partial charge in [-0.1, -0.05) is 18.2 Å². The molecule has 0 fully saturated rings. The largest absolute Gasteiger partial charge is 0.346 e. The normalized spacial score (nSPS) is 10.5. The van der Waals surface area contributed by atoms with Crippen LogP contribution in [0.1, 0.15) is 16.1 Å². The van der Waals surface area contributed by atoms with Crippen molar-refractivity contribution in [1.82, 2.24) is 20.5 Å². The molecule has 7 heteroatoms. The number of para-hydroxylation sites is 1. The lowest BCUT2D eigenvalue weighted by molar-refractivity contribution is 0.0944. The van der Waals surface area contributed by atoms with E-state index in [4.69, 9.17) is 0 Å². The first-order chi connectivity index (χ1) is 10.6. The Hall–Kier alpha value is -3.22. The van der Waals surface area contributed by atoms with Crippen LogP contribution in [0.2, 0.25) is 0 Å². The van der Waals surface area contributed by atoms with Crippen LogP contribution in [0, 0.1) is 0 Å². The lowest BCUT2D eigenvalue weighted by Crippen LogP contribution is -2.28. The van der Waals surface area contributed by atoms with Crippen molar-refractivity contribution in [3.05, 3.63) is 74.4 Å². The zero-order chi connectivity index (χ0) is 15.5. The third kappa shape index (κ3) is 2.78. The summed E-state index contributed by atoms with van der Waals surface area (Å²) in [7, 11) is 0. The molecule has 3 rings (SSSR count). The Kier molecular flexibility index (Phi) is 3.53. The minimum Gasteiger partial charge on any atom is -0.346 e. The quantitative estimate of drug-likeness (QED) is 0.655. The molecule has 0 radical (unpaired) electrons. The molecule has 22 heavy (non-hydrogen) atoms. The van der Waals surface area contributed by atoms with E-state index in [0.717, 1.165) is 10.9 Å². The maximum atomic E-state index is 12.0. The standard InChI is InChI=1S/C15H12N4O3/c20-13-6-5-12(18-19-13)15(22)16-8-10-7-9-3-1-2-4-11(9)17-14(10)21/h1-7H,8H2,(H,16,22)(H,17,21)(H,19,20). The summed E-state index contributed by atoms with van der Waals surface area (Å²) in [5.41, 5.74) is 0.620. The third-order valence-corrected chi connectivity index (χ3v) is 3.18. The number of hydrogen-bond acceptors (Lipinski definition) is 4. The first-order valence-electron chi connectivity index (χ1n) is 6.58. The van der Waals surface area contributed by atoms with E-state index in [1.807, 2.05) is 24.3 Å². The number of hydrogen-bond donors (Lipinski definition) is 3. The van der Waals surface area contributed by atoms with Crippen LogP contribution in [0.3, 0.4) is 0 Å². The fourth-order valence-corrected chi connectivity index (χ4v) is 2.06. The van der Waals surface area contributed by atoms with Gasteiger partial charge >= 0.3 is 0 Å². The van der Waals surface area contributed by atoms with E-state index in [9.17, 15) is 14.4 Å². The number of nitrogens with zero attached hydrogens (tertiary/aromatic N) is 1. The number of rotatable bonds is 3. The number of benzene rings is 1. The van der Waals surface area contributed by atoms with Gasteiger partial charge in [0.05, 0.1) is 0 Å². The smallest absolute Gasteiger partial charge is 0.271 e. The van der Waals surface area contributed by atoms with Gasteiger partial charge in [-0.25, -0.2) is 5.10 Å². The maximum Gasteiger partial charge on any atom is 0.271 e. The van der Waals surface area contributed by atoms with Crippen LogP contribution in [0.15, 0.2) is 52.1 Å². The number of aromatic amines is 2. The number of aromatic nitrogens is 3. The Morgan fingerprint density at radius 1 is 1.14 bits per heavy atom. The van der Waals surface area contributed by atoms with E-state index >= 15 is 0 Å². The molecule has 0 bridgehead atoms. The third-order valence-electron chi connectivity index (χ3n) is 3.18. The Balaban J connectivity index is 1.80. The van der Waals surface area contributed by atoms with Crippen LogP contribution in [-0.2, 0) is 6.54 Å². The number of carbonyl (C=O) groups excluding carboxylic acids is 1. The van der Waals surface area contributed by atoms with Gasteiger partial charge in [0.2, 0.25) is 0 Å². The SMILES string of the molecule is O=C(NCc1cc2ccccc2[nH]c1=O)c1ccc(=O)[nH]n1. The van der Waals surface area contributed by atoms with Crippen molar-refractivity contribution in [1.29, 1.82) is 0 Å². The van der Waals surface area contributed by atoms with Crippen molar-refractivity contribution in [3.63, 3.8) is 0 Å². The minimum atomic E-state index is -0.469. The zero-order valence-corrected chi connectivity index (χ0v) is 11.4. The fraction of sp³-hybridized carbons (Fsp3) is 0.0667. The number of pyridine rings is 1. The zero-order valence-electron chi connectivity index (χ0n) is 11.4. The molecule has 1 aromatic carbocycles. The molecule has 1 amide bonds. The topological polar surface area (TPSA) is 108 Å². The second-order valence-electron chi connectivity index (χ2n) is 4.70. The molecular weight excluding hydrogens is 284 g/mol. The highest BCUT2D eigenvalue weighted by Crippen LogP contribution is 2.09. The summed E-state index contributed by atoms with van der Waals surface area (Å²) >= 11 is 0. The van der Waals surface area contributed by atoms with E-state index < -0.39 is 5.91 Å². The molecule has 3 aromatic rings. The molecule has 0 spiro atoms. The molecule has 2 heterocycles. The van der Waals surface area contributed by atoms with Crippen LogP contribution in [0.25, 0.3) is 10.9 Å². The summed E-state index contributed by atoms with van der Waals surface area (Å²) in [6.07, 6.45) is 0. The summed E-state index contributed by atoms with van der Waals surface area (Å²) < 4.78 is 0. The summed E-state index contributed by atoms with van der Waals surface area (Å²) in [6, 6.07) is 11.6. The lowest BCUT2D eigenvalue weighted by Gasteiger charge is -2.05. The molecule has 0 atom stereocenters. The first-order valence-corrected chi connectivity index (χ1v) is 6.58. The van der Waals surface area contributed by atoms with Gasteiger partial charge in [0, 0.05) is 23.7 Å². The van der Waals surface area contributed by atoms with E-state index in [1.165, 1.54) is 12.1 Å². The molecule has 0 aliphatic carbocycles. The molecule has 7 nitrogen and oxygen atoms in total. The molecule has 110 valence electrons. The van der Waals surface area contributed by atoms with Crippen LogP contribution in [0.4, 0.5) is 0 Å². The van der Waals surface area contributed by atoms with E-state index in [2.05, 4.69) is 20.5 Å². The van der Waals surface area contributed by atoms with Gasteiger partial charge < -0.3 is 10.3 Å². The van der Waals surface area contributed by atoms with Gasteiger partial charge in [-0.3, -0.25) is 14.4 Å². The molecule has 2 aromatic heterocycles. The Morgan fingerprint density at radius 2 is 1.95 bits per heavy atom. The highest BCUT2D eigenvalue weighted by atomic mass is 16.2. The Bertz CT molecular complexity index is 938. The number of amides is 1. The van der Waals surface area contributed by atoms with Gasteiger partial charge in [0.25, 0.3) is 17.0 Å². The average Bonchev–Trinajstić information content (AvgIpc) is 2.53. The molecular formula is C15H12N4O3. The Morgan fingerprint density at radius 3 is 2.73 bits per heavy atom. The van der Waals surface area contributed by atoms with E-state index in [1.54, 1.807) is 6.07 Å². The molecule has 0 saturated heterocycles. The van der Waals surface area contributed by atoms with Gasteiger partial charge in [0.15, 0.2) is 0 Å². The molecule has 0 aliphatic rings.